The van der Waals surface area contributed by atoms with Crippen LogP contribution < -0.4 is 32.3 Å². The van der Waals surface area contributed by atoms with Crippen LogP contribution in [0.3, 0.4) is 0 Å². The van der Waals surface area contributed by atoms with Crippen molar-refractivity contribution in [3.05, 3.63) is 190 Å². The van der Waals surface area contributed by atoms with Gasteiger partial charge >= 0.3 is 11.4 Å². The van der Waals surface area contributed by atoms with Crippen LogP contribution in [-0.4, -0.2) is 100 Å². The van der Waals surface area contributed by atoms with Gasteiger partial charge in [0.05, 0.1) is 13.1 Å². The number of allylic oxidation sites excluding steroid dienone is 1. The molecule has 8 aromatic rings. The molecule has 0 unspecified atom stereocenters. The highest BCUT2D eigenvalue weighted by atomic mass is 19.1. The average molecular weight is 979 g/mol. The van der Waals surface area contributed by atoms with E-state index >= 15 is 0 Å². The molecular weight excluding hydrogens is 919 g/mol. The van der Waals surface area contributed by atoms with Crippen molar-refractivity contribution in [3.8, 4) is 0 Å². The van der Waals surface area contributed by atoms with Crippen molar-refractivity contribution in [2.24, 2.45) is 14.1 Å². The summed E-state index contributed by atoms with van der Waals surface area (Å²) in [5.74, 6) is 0.943. The van der Waals surface area contributed by atoms with Crippen molar-refractivity contribution in [1.82, 2.24) is 48.0 Å². The van der Waals surface area contributed by atoms with Gasteiger partial charge in [-0.2, -0.15) is 9.97 Å². The number of imidazole rings is 2. The summed E-state index contributed by atoms with van der Waals surface area (Å²) in [7, 11) is 3.15. The number of hydrogen-bond donors (Lipinski definition) is 2. The summed E-state index contributed by atoms with van der Waals surface area (Å²) in [6.45, 7) is 18.4. The number of nitrogens with zero attached hydrogens (tertiary/aromatic N) is 10. The van der Waals surface area contributed by atoms with Crippen LogP contribution in [-0.2, 0) is 40.3 Å². The number of aryl methyl sites for hydroxylation is 2. The molecule has 4 aromatic heterocycles. The van der Waals surface area contributed by atoms with Gasteiger partial charge in [0.1, 0.15) is 11.6 Å². The lowest BCUT2D eigenvalue weighted by molar-refractivity contribution is 0.248. The van der Waals surface area contributed by atoms with Crippen molar-refractivity contribution >= 4 is 39.8 Å². The van der Waals surface area contributed by atoms with Crippen molar-refractivity contribution in [2.45, 2.75) is 52.9 Å². The van der Waals surface area contributed by atoms with Gasteiger partial charge in [-0.15, -0.1) is 0 Å². The number of piperazine rings is 2. The van der Waals surface area contributed by atoms with Crippen LogP contribution in [0.4, 0.5) is 20.7 Å². The Morgan fingerprint density at radius 3 is 1.33 bits per heavy atom. The Bertz CT molecular complexity index is 3500. The Morgan fingerprint density at radius 2 is 0.958 bits per heavy atom. The van der Waals surface area contributed by atoms with Gasteiger partial charge in [0, 0.05) is 90.7 Å². The molecule has 0 saturated carbocycles. The molecule has 0 bridgehead atoms. The Kier molecular flexibility index (Phi) is 14.3. The van der Waals surface area contributed by atoms with Gasteiger partial charge in [-0.25, -0.2) is 18.4 Å². The monoisotopic (exact) mass is 978 g/mol. The maximum absolute atomic E-state index is 14.5. The molecule has 2 aliphatic heterocycles. The molecule has 4 aromatic carbocycles. The van der Waals surface area contributed by atoms with E-state index in [1.165, 1.54) is 38.0 Å². The van der Waals surface area contributed by atoms with Gasteiger partial charge in [0.25, 0.3) is 11.1 Å². The van der Waals surface area contributed by atoms with Crippen LogP contribution >= 0.6 is 0 Å². The molecular formula is C54H60F2N12O4. The van der Waals surface area contributed by atoms with Gasteiger partial charge in [0.15, 0.2) is 22.3 Å². The van der Waals surface area contributed by atoms with Crippen LogP contribution in [0, 0.1) is 11.6 Å². The average Bonchev–Trinajstić information content (AvgIpc) is 3.95. The van der Waals surface area contributed by atoms with E-state index in [9.17, 15) is 28.0 Å². The first-order valence-electron chi connectivity index (χ1n) is 24.3. The summed E-state index contributed by atoms with van der Waals surface area (Å²) < 4.78 is 35.2. The van der Waals surface area contributed by atoms with Crippen LogP contribution in [0.2, 0.25) is 0 Å². The van der Waals surface area contributed by atoms with Crippen LogP contribution in [0.1, 0.15) is 60.1 Å². The van der Waals surface area contributed by atoms with E-state index in [0.717, 1.165) is 50.4 Å². The summed E-state index contributed by atoms with van der Waals surface area (Å²) in [4.78, 5) is 73.2. The lowest BCUT2D eigenvalue weighted by atomic mass is 10.0. The number of H-pyrrole nitrogens is 2. The highest BCUT2D eigenvalue weighted by Gasteiger charge is 2.28. The molecule has 2 aliphatic rings. The van der Waals surface area contributed by atoms with E-state index in [-0.39, 0.29) is 41.4 Å². The number of halogens is 2. The quantitative estimate of drug-likeness (QED) is 0.148. The zero-order chi connectivity index (χ0) is 50.8. The summed E-state index contributed by atoms with van der Waals surface area (Å²) >= 11 is 0. The van der Waals surface area contributed by atoms with E-state index in [2.05, 4.69) is 98.5 Å². The number of anilines is 2. The molecule has 18 heteroatoms. The molecule has 2 fully saturated rings. The van der Waals surface area contributed by atoms with E-state index in [0.29, 0.717) is 60.8 Å². The Morgan fingerprint density at radius 1 is 0.569 bits per heavy atom. The Labute approximate surface area is 414 Å². The third-order valence-electron chi connectivity index (χ3n) is 13.8. The number of fused-ring (bicyclic) bond motifs is 2. The second-order valence-electron chi connectivity index (χ2n) is 19.1. The normalized spacial score (nSPS) is 14.6. The van der Waals surface area contributed by atoms with E-state index < -0.39 is 22.5 Å². The number of aromatic amines is 2. The largest absolute Gasteiger partial charge is 0.340 e. The van der Waals surface area contributed by atoms with E-state index in [1.54, 1.807) is 59.6 Å². The first-order chi connectivity index (χ1) is 34.6. The molecule has 72 heavy (non-hydrogen) atoms. The van der Waals surface area contributed by atoms with E-state index in [1.807, 2.05) is 6.92 Å². The number of nitrogens with one attached hydrogen (secondary N) is 2. The zero-order valence-electron chi connectivity index (χ0n) is 41.4. The van der Waals surface area contributed by atoms with Gasteiger partial charge in [0.2, 0.25) is 11.9 Å². The number of hydrogen-bond acceptors (Lipinski definition) is 10. The van der Waals surface area contributed by atoms with Crippen LogP contribution in [0.15, 0.2) is 123 Å². The van der Waals surface area contributed by atoms with Crippen molar-refractivity contribution < 1.29 is 8.78 Å². The second kappa shape index (κ2) is 20.9. The van der Waals surface area contributed by atoms with Gasteiger partial charge in [-0.05, 0) is 47.2 Å². The molecule has 0 atom stereocenters. The van der Waals surface area contributed by atoms with Crippen LogP contribution in [0.25, 0.3) is 27.9 Å². The third-order valence-corrected chi connectivity index (χ3v) is 13.8. The van der Waals surface area contributed by atoms with E-state index in [4.69, 9.17) is 9.97 Å². The Hall–Kier alpha value is -7.70. The molecule has 0 spiro atoms. The van der Waals surface area contributed by atoms with Gasteiger partial charge < -0.3 is 9.80 Å². The van der Waals surface area contributed by atoms with Crippen molar-refractivity contribution in [3.63, 3.8) is 0 Å². The molecule has 374 valence electrons. The molecule has 2 saturated heterocycles. The minimum absolute atomic E-state index is 0.134. The minimum atomic E-state index is -0.530. The first-order valence-corrected chi connectivity index (χ1v) is 24.3. The molecule has 0 radical (unpaired) electrons. The molecule has 0 aliphatic carbocycles. The van der Waals surface area contributed by atoms with Gasteiger partial charge in [-0.1, -0.05) is 111 Å². The fraction of sp³-hybridized carbons (Fsp3) is 0.333. The summed E-state index contributed by atoms with van der Waals surface area (Å²) in [5.41, 5.74) is 5.94. The smallest absolute Gasteiger partial charge is 0.329 e. The Balaban J connectivity index is 0.000000178. The maximum Gasteiger partial charge on any atom is 0.329 e. The highest BCUT2D eigenvalue weighted by Crippen LogP contribution is 2.26. The zero-order valence-corrected chi connectivity index (χ0v) is 41.4. The lowest BCUT2D eigenvalue weighted by Gasteiger charge is -2.35. The summed E-state index contributed by atoms with van der Waals surface area (Å²) in [5, 5.41) is 0. The molecule has 6 heterocycles. The third kappa shape index (κ3) is 10.4. The SMILES string of the molecule is C=C(C)c1ccc(CN2CCN(c3nc4c(c(=O)[nH]c(=O)n4C)n3Cc3ccccc3F)CC2)cc1.CC(C)c1ccc(CN2CCN(c3nc4c(c(=O)[nH]c(=O)n4C)n3Cc3ccccc3F)CC2)cc1. The predicted molar refractivity (Wildman–Crippen MR) is 279 cm³/mol. The highest BCUT2D eigenvalue weighted by molar-refractivity contribution is 5.75. The van der Waals surface area contributed by atoms with Crippen molar-refractivity contribution in [2.75, 3.05) is 62.2 Å². The molecule has 2 N–H and O–H groups in total. The fourth-order valence-corrected chi connectivity index (χ4v) is 9.45. The predicted octanol–water partition coefficient (Wildman–Crippen LogP) is 6.02. The molecule has 0 amide bonds. The van der Waals surface area contributed by atoms with Crippen molar-refractivity contribution in [1.29, 1.82) is 0 Å². The van der Waals surface area contributed by atoms with Crippen LogP contribution in [0.5, 0.6) is 0 Å². The second-order valence-corrected chi connectivity index (χ2v) is 19.1. The molecule has 16 nitrogen and oxygen atoms in total. The summed E-state index contributed by atoms with van der Waals surface area (Å²) in [6, 6.07) is 30.2. The minimum Gasteiger partial charge on any atom is -0.340 e. The number of aromatic nitrogens is 8. The lowest BCUT2D eigenvalue weighted by Crippen LogP contribution is -2.47. The molecule has 10 rings (SSSR count). The summed E-state index contributed by atoms with van der Waals surface area (Å²) in [6.07, 6.45) is 0. The fourth-order valence-electron chi connectivity index (χ4n) is 9.45. The topological polar surface area (TPSA) is 158 Å². The number of benzene rings is 4. The first kappa shape index (κ1) is 49.3. The standard InChI is InChI=1S/C27H31FN6O2.C27H29FN6O2/c2*1-18(2)20-10-8-19(9-11-20)16-32-12-14-33(15-13-32)26-29-24-23(25(35)30-27(36)31(24)3)34(26)17-21-6-4-5-7-22(21)28/h4-11,18H,12-17H2,1-3H3,(H,30,35,36);4-11H,1,12-17H2,2-3H3,(H,30,35,36). The van der Waals surface area contributed by atoms with Gasteiger partial charge in [-0.3, -0.25) is 47.6 Å². The maximum atomic E-state index is 14.5. The number of rotatable bonds is 12.